The fourth-order valence-electron chi connectivity index (χ4n) is 16.5. The second-order valence-corrected chi connectivity index (χ2v) is 33.9. The molecule has 0 amide bonds. The first-order valence-corrected chi connectivity index (χ1v) is 46.4. The lowest BCUT2D eigenvalue weighted by Crippen LogP contribution is -2.30. The van der Waals surface area contributed by atoms with Crippen molar-refractivity contribution in [1.82, 2.24) is 94.5 Å². The number of aromatic nitrogens is 16. The molecular formula is C105H123N23O10. The van der Waals surface area contributed by atoms with Crippen LogP contribution in [0.4, 0.5) is 45.5 Å². The summed E-state index contributed by atoms with van der Waals surface area (Å²) in [6.07, 6.45) is 32.7. The summed E-state index contributed by atoms with van der Waals surface area (Å²) in [6.45, 7) is 14.9. The molecule has 33 heteroatoms. The normalized spacial score (nSPS) is 12.6. The number of benzene rings is 8. The Labute approximate surface area is 805 Å². The van der Waals surface area contributed by atoms with E-state index in [0.717, 1.165) is 273 Å². The third-order valence-corrected chi connectivity index (χ3v) is 23.9. The Morgan fingerprint density at radius 1 is 0.384 bits per heavy atom. The first-order valence-electron chi connectivity index (χ1n) is 46.4. The summed E-state index contributed by atoms with van der Waals surface area (Å²) in [6, 6.07) is 48.6. The Bertz CT molecular complexity index is 6650. The standard InChI is InChI=1S/C28H34N6O3.C28H32N6O2.C26H32N6O2.C23H25N5O3/c1-29-8-9-34(23-12-24(35-2)15-25(13-23)36-3)22-4-5-26-27(14-22)32-28(17-30-26)21-16-31-33(19-21)18-20-6-10-37-11-7-20;1-32-20-21(18-30-32)28-19-29-26-9-8-22(16-27(26)31-28)34(13-7-12-33-10-5-4-6-11-33)23-14-24(35-2)17-25(15-23)36-3;1-18(2)27-9-6-10-32(21-11-22(33-4)14-23(12-21)34-5)20-7-8-24-25(13-20)30-26(16-28-24)19-15-29-31(3)17-19;1-27-15-16(13-25-27)23-14-24-21-6-5-17(11-22(21)26-23)28(7-4-8-29)18-9-19(30-2)12-20(10-18)31-3/h4-5,12-17,19-20,29H,6-11,18H2,1-3H3;4-5,8-9,14-20H,6-7,10-13H2,1-3H3;7-8,11-18,27H,6,9-10H2,1-5H3;5-6,9-15,29H,4,7-8H2,1-3H3. The molecule has 718 valence electrons. The number of fused-ring (bicyclic) bond motifs is 4. The van der Waals surface area contributed by atoms with Gasteiger partial charge < -0.3 is 78.0 Å². The van der Waals surface area contributed by atoms with Gasteiger partial charge in [0.2, 0.25) is 0 Å². The molecule has 16 aromatic rings. The van der Waals surface area contributed by atoms with Crippen LogP contribution in [-0.4, -0.2) is 238 Å². The molecule has 0 atom stereocenters. The molecule has 0 saturated carbocycles. The molecule has 0 spiro atoms. The van der Waals surface area contributed by atoms with Crippen LogP contribution < -0.4 is 68.1 Å². The predicted molar refractivity (Wildman–Crippen MR) is 544 cm³/mol. The number of likely N-dealkylation sites (N-methyl/N-ethyl adjacent to an activating group) is 1. The lowest BCUT2D eigenvalue weighted by molar-refractivity contribution is 0.0601. The van der Waals surface area contributed by atoms with Crippen LogP contribution in [0.5, 0.6) is 46.0 Å². The number of nitrogens with zero attached hydrogens (tertiary/aromatic N) is 21. The lowest BCUT2D eigenvalue weighted by atomic mass is 10.0. The van der Waals surface area contributed by atoms with Crippen LogP contribution >= 0.6 is 0 Å². The van der Waals surface area contributed by atoms with Crippen LogP contribution in [-0.2, 0) is 32.4 Å². The van der Waals surface area contributed by atoms with Crippen LogP contribution in [0.3, 0.4) is 0 Å². The van der Waals surface area contributed by atoms with Crippen LogP contribution in [0.1, 0.15) is 52.4 Å². The maximum absolute atomic E-state index is 9.44. The van der Waals surface area contributed by atoms with Gasteiger partial charge in [-0.3, -0.25) is 43.6 Å². The lowest BCUT2D eigenvalue weighted by Gasteiger charge is -2.28. The fraction of sp³-hybridized carbons (Fsp3) is 0.333. The molecule has 0 bridgehead atoms. The number of methoxy groups -OCH3 is 8. The Morgan fingerprint density at radius 2 is 0.725 bits per heavy atom. The molecule has 1 fully saturated rings. The van der Waals surface area contributed by atoms with Crippen LogP contribution in [0.15, 0.2) is 232 Å². The number of aliphatic hydroxyl groups excluding tert-OH is 1. The van der Waals surface area contributed by atoms with Gasteiger partial charge in [-0.25, -0.2) is 19.9 Å². The fourth-order valence-corrected chi connectivity index (χ4v) is 16.5. The molecule has 8 aromatic heterocycles. The van der Waals surface area contributed by atoms with Crippen molar-refractivity contribution in [3.05, 3.63) is 232 Å². The van der Waals surface area contributed by atoms with Crippen LogP contribution in [0.2, 0.25) is 0 Å². The number of ether oxygens (including phenoxy) is 9. The molecule has 138 heavy (non-hydrogen) atoms. The molecule has 18 rings (SSSR count). The number of aryl methyl sites for hydroxylation is 3. The number of rotatable bonds is 37. The van der Waals surface area contributed by atoms with Crippen LogP contribution in [0, 0.1) is 5.92 Å². The number of anilines is 8. The zero-order chi connectivity index (χ0) is 96.4. The highest BCUT2D eigenvalue weighted by Gasteiger charge is 2.23. The van der Waals surface area contributed by atoms with Gasteiger partial charge in [0.1, 0.15) is 46.0 Å². The van der Waals surface area contributed by atoms with E-state index in [0.29, 0.717) is 36.4 Å². The second-order valence-electron chi connectivity index (χ2n) is 33.9. The van der Waals surface area contributed by atoms with Gasteiger partial charge in [0.25, 0.3) is 0 Å². The molecule has 0 radical (unpaired) electrons. The number of nitrogens with one attached hydrogen (secondary N) is 2. The molecule has 0 aliphatic carbocycles. The van der Waals surface area contributed by atoms with Gasteiger partial charge in [0.05, 0.1) is 173 Å². The van der Waals surface area contributed by atoms with Crippen molar-refractivity contribution in [3.63, 3.8) is 0 Å². The highest BCUT2D eigenvalue weighted by molar-refractivity contribution is 5.87. The van der Waals surface area contributed by atoms with Crippen molar-refractivity contribution in [3.8, 4) is 91.0 Å². The van der Waals surface area contributed by atoms with E-state index in [9.17, 15) is 5.11 Å². The van der Waals surface area contributed by atoms with E-state index in [4.69, 9.17) is 62.6 Å². The predicted octanol–water partition coefficient (Wildman–Crippen LogP) is 17.3. The summed E-state index contributed by atoms with van der Waals surface area (Å²) in [4.78, 5) is 49.5. The molecule has 33 nitrogen and oxygen atoms in total. The van der Waals surface area contributed by atoms with E-state index in [-0.39, 0.29) is 6.61 Å². The van der Waals surface area contributed by atoms with Gasteiger partial charge in [-0.05, 0) is 131 Å². The largest absolute Gasteiger partial charge is 0.497 e. The van der Waals surface area contributed by atoms with Crippen molar-refractivity contribution in [2.45, 2.75) is 65.0 Å². The quantitative estimate of drug-likeness (QED) is 0.0241. The summed E-state index contributed by atoms with van der Waals surface area (Å²) in [5, 5.41) is 33.5. The third kappa shape index (κ3) is 25.4. The maximum Gasteiger partial charge on any atom is 0.124 e. The Morgan fingerprint density at radius 3 is 1.04 bits per heavy atom. The zero-order valence-corrected chi connectivity index (χ0v) is 81.0. The van der Waals surface area contributed by atoms with E-state index >= 15 is 0 Å². The molecule has 2 aliphatic rings. The minimum atomic E-state index is 0.0934. The van der Waals surface area contributed by atoms with Crippen molar-refractivity contribution in [2.24, 2.45) is 27.1 Å². The average Bonchev–Trinajstić information content (AvgIpc) is 1.27. The van der Waals surface area contributed by atoms with E-state index in [2.05, 4.69) is 144 Å². The van der Waals surface area contributed by atoms with Crippen LogP contribution in [0.25, 0.3) is 89.2 Å². The molecular weight excluding hydrogens is 1740 g/mol. The van der Waals surface area contributed by atoms with Gasteiger partial charge in [-0.1, -0.05) is 26.0 Å². The van der Waals surface area contributed by atoms with E-state index in [1.54, 1.807) is 102 Å². The summed E-state index contributed by atoms with van der Waals surface area (Å²) in [7, 11) is 20.9. The minimum Gasteiger partial charge on any atom is -0.497 e. The molecule has 1 saturated heterocycles. The van der Waals surface area contributed by atoms with Gasteiger partial charge in [-0.15, -0.1) is 0 Å². The summed E-state index contributed by atoms with van der Waals surface area (Å²) < 4.78 is 56.9. The Hall–Kier alpha value is -14.9. The smallest absolute Gasteiger partial charge is 0.124 e. The summed E-state index contributed by atoms with van der Waals surface area (Å²) in [5.74, 6) is 6.49. The second kappa shape index (κ2) is 47.5. The highest BCUT2D eigenvalue weighted by Crippen LogP contribution is 2.41. The van der Waals surface area contributed by atoms with E-state index < -0.39 is 0 Å². The van der Waals surface area contributed by atoms with E-state index in [1.165, 1.54) is 0 Å². The molecule has 8 aromatic carbocycles. The van der Waals surface area contributed by atoms with Gasteiger partial charge in [0, 0.05) is 271 Å². The van der Waals surface area contributed by atoms with E-state index in [1.807, 2.05) is 179 Å². The summed E-state index contributed by atoms with van der Waals surface area (Å²) in [5.41, 5.74) is 21.5. The van der Waals surface area contributed by atoms with Gasteiger partial charge >= 0.3 is 0 Å². The number of hydrogen-bond acceptors (Lipinski definition) is 29. The Balaban J connectivity index is 0.000000140. The number of aliphatic hydroxyl groups is 1. The van der Waals surface area contributed by atoms with Crippen molar-refractivity contribution < 1.29 is 47.7 Å². The minimum absolute atomic E-state index is 0.0934. The van der Waals surface area contributed by atoms with Crippen molar-refractivity contribution in [2.75, 3.05) is 162 Å². The average molecular weight is 1870 g/mol. The molecule has 10 heterocycles. The Kier molecular flexibility index (Phi) is 33.6. The monoisotopic (exact) mass is 1870 g/mol. The highest BCUT2D eigenvalue weighted by atomic mass is 16.5. The van der Waals surface area contributed by atoms with Gasteiger partial charge in [-0.2, -0.15) is 20.4 Å². The maximum atomic E-state index is 9.44. The number of hydrogen-bond donors (Lipinski definition) is 3. The summed E-state index contributed by atoms with van der Waals surface area (Å²) >= 11 is 0. The third-order valence-electron chi connectivity index (χ3n) is 23.9. The molecule has 0 unspecified atom stereocenters. The van der Waals surface area contributed by atoms with Crippen molar-refractivity contribution in [1.29, 1.82) is 0 Å². The van der Waals surface area contributed by atoms with Gasteiger partial charge in [0.15, 0.2) is 0 Å². The van der Waals surface area contributed by atoms with Crippen molar-refractivity contribution >= 4 is 89.6 Å². The molecule has 2 aliphatic heterocycles. The molecule has 3 N–H and O–H groups in total. The zero-order valence-electron chi connectivity index (χ0n) is 81.0. The SMILES string of the molecule is CNCCN(c1cc(OC)cc(OC)c1)c1ccc2ncc(-c3cnn(CC4CCOCC4)c3)nc2c1.COc1cc(OC)cc(N(CCCN2CC=CCC2)c2ccc3ncc(-c4cnn(C)c4)nc3c2)c1.COc1cc(OC)cc(N(CCCNC(C)C)c2ccc3ncc(-c4cnn(C)c4)nc3c2)c1.COc1cc(OC)cc(N(CCCO)c2ccc3ncc(-c4cnn(C)c4)nc3c2)c1. The topological polar surface area (TPSA) is 318 Å². The first-order chi connectivity index (χ1) is 67.3. The first kappa shape index (κ1) is 97.6.